The molecule has 0 radical (unpaired) electrons. The average molecular weight is 404 g/mol. The van der Waals surface area contributed by atoms with Gasteiger partial charge in [-0.15, -0.1) is 0 Å². The Kier molecular flexibility index (Phi) is 6.95. The maximum absolute atomic E-state index is 12.3. The van der Waals surface area contributed by atoms with E-state index in [1.807, 2.05) is 24.3 Å². The van der Waals surface area contributed by atoms with Gasteiger partial charge in [0.05, 0.1) is 12.1 Å². The van der Waals surface area contributed by atoms with Crippen LogP contribution < -0.4 is 14.2 Å². The second kappa shape index (κ2) is 8.76. The van der Waals surface area contributed by atoms with Gasteiger partial charge in [0.25, 0.3) is 0 Å². The number of aryl methyl sites for hydroxylation is 1. The summed E-state index contributed by atoms with van der Waals surface area (Å²) in [5, 5.41) is -0.0242. The quantitative estimate of drug-likeness (QED) is 0.678. The van der Waals surface area contributed by atoms with Crippen molar-refractivity contribution < 1.29 is 17.9 Å². The van der Waals surface area contributed by atoms with E-state index in [1.165, 1.54) is 24.8 Å². The molecule has 0 atom stereocenters. The first kappa shape index (κ1) is 19.8. The number of methoxy groups -OCH3 is 1. The zero-order valence-electron chi connectivity index (χ0n) is 13.9. The third-order valence-electron chi connectivity index (χ3n) is 3.52. The molecule has 2 aromatic rings. The van der Waals surface area contributed by atoms with Crippen LogP contribution in [0.3, 0.4) is 0 Å². The van der Waals surface area contributed by atoms with Gasteiger partial charge in [-0.2, -0.15) is 0 Å². The molecule has 0 aliphatic rings. The summed E-state index contributed by atoms with van der Waals surface area (Å²) < 4.78 is 37.7. The van der Waals surface area contributed by atoms with Crippen LogP contribution in [0.15, 0.2) is 41.3 Å². The molecule has 0 saturated carbocycles. The van der Waals surface area contributed by atoms with Gasteiger partial charge in [0, 0.05) is 6.54 Å². The summed E-state index contributed by atoms with van der Waals surface area (Å²) in [6, 6.07) is 10.5. The van der Waals surface area contributed by atoms with E-state index in [-0.39, 0.29) is 28.1 Å². The lowest BCUT2D eigenvalue weighted by atomic mass is 10.2. The molecule has 5 nitrogen and oxygen atoms in total. The van der Waals surface area contributed by atoms with Crippen molar-refractivity contribution in [2.24, 2.45) is 0 Å². The molecule has 1 N–H and O–H groups in total. The van der Waals surface area contributed by atoms with Gasteiger partial charge in [-0.1, -0.05) is 42.3 Å². The van der Waals surface area contributed by atoms with Gasteiger partial charge >= 0.3 is 0 Å². The van der Waals surface area contributed by atoms with Crippen molar-refractivity contribution in [3.8, 4) is 11.5 Å². The molecular formula is C17H19Cl2NO4S. The maximum Gasteiger partial charge on any atom is 0.242 e. The van der Waals surface area contributed by atoms with E-state index in [0.717, 1.165) is 6.42 Å². The molecule has 0 unspecified atom stereocenters. The van der Waals surface area contributed by atoms with Crippen molar-refractivity contribution in [1.29, 1.82) is 0 Å². The van der Waals surface area contributed by atoms with Gasteiger partial charge < -0.3 is 9.47 Å². The van der Waals surface area contributed by atoms with Crippen LogP contribution in [0.4, 0.5) is 0 Å². The first-order valence-electron chi connectivity index (χ1n) is 7.62. The van der Waals surface area contributed by atoms with Gasteiger partial charge in [0.15, 0.2) is 0 Å². The molecule has 0 spiro atoms. The van der Waals surface area contributed by atoms with E-state index in [2.05, 4.69) is 11.6 Å². The third-order valence-corrected chi connectivity index (χ3v) is 6.00. The van der Waals surface area contributed by atoms with Crippen LogP contribution in [0.25, 0.3) is 0 Å². The molecule has 0 heterocycles. The fourth-order valence-corrected chi connectivity index (χ4v) is 3.97. The zero-order chi connectivity index (χ0) is 18.4. The number of hydrogen-bond donors (Lipinski definition) is 1. The van der Waals surface area contributed by atoms with Crippen LogP contribution in [-0.2, 0) is 16.4 Å². The number of ether oxygens (including phenoxy) is 2. The van der Waals surface area contributed by atoms with Crippen LogP contribution in [0, 0.1) is 0 Å². The highest BCUT2D eigenvalue weighted by Crippen LogP contribution is 2.36. The molecular weight excluding hydrogens is 385 g/mol. The normalized spacial score (nSPS) is 11.4. The van der Waals surface area contributed by atoms with Gasteiger partial charge in [0.1, 0.15) is 28.0 Å². The first-order chi connectivity index (χ1) is 11.9. The van der Waals surface area contributed by atoms with Crippen molar-refractivity contribution in [3.05, 3.63) is 52.0 Å². The van der Waals surface area contributed by atoms with E-state index in [0.29, 0.717) is 11.5 Å². The van der Waals surface area contributed by atoms with Crippen LogP contribution in [0.2, 0.25) is 10.0 Å². The molecule has 0 fully saturated rings. The topological polar surface area (TPSA) is 64.6 Å². The lowest BCUT2D eigenvalue weighted by Crippen LogP contribution is -2.28. The maximum atomic E-state index is 12.3. The number of sulfonamides is 1. The Morgan fingerprint density at radius 1 is 1.04 bits per heavy atom. The lowest BCUT2D eigenvalue weighted by molar-refractivity contribution is 0.322. The highest BCUT2D eigenvalue weighted by atomic mass is 35.5. The highest BCUT2D eigenvalue weighted by Gasteiger charge is 2.21. The van der Waals surface area contributed by atoms with Gasteiger partial charge in [-0.3, -0.25) is 0 Å². The first-order valence-corrected chi connectivity index (χ1v) is 9.86. The van der Waals surface area contributed by atoms with Crippen LogP contribution in [-0.4, -0.2) is 28.7 Å². The molecule has 0 amide bonds. The molecule has 0 aliphatic carbocycles. The summed E-state index contributed by atoms with van der Waals surface area (Å²) in [5.74, 6) is 0.992. The van der Waals surface area contributed by atoms with E-state index >= 15 is 0 Å². The Morgan fingerprint density at radius 3 is 2.32 bits per heavy atom. The van der Waals surface area contributed by atoms with Crippen molar-refractivity contribution in [3.63, 3.8) is 0 Å². The molecule has 2 rings (SSSR count). The smallest absolute Gasteiger partial charge is 0.242 e. The van der Waals surface area contributed by atoms with E-state index in [4.69, 9.17) is 32.7 Å². The van der Waals surface area contributed by atoms with E-state index in [1.54, 1.807) is 0 Å². The van der Waals surface area contributed by atoms with E-state index in [9.17, 15) is 8.42 Å². The highest BCUT2D eigenvalue weighted by molar-refractivity contribution is 7.89. The SMILES string of the molecule is CCc1ccc(OCCNS(=O)(=O)c2ccc(OC)c(Cl)c2Cl)cc1. The molecule has 136 valence electrons. The van der Waals surface area contributed by atoms with Gasteiger partial charge in [-0.25, -0.2) is 13.1 Å². The molecule has 0 aromatic heterocycles. The molecule has 25 heavy (non-hydrogen) atoms. The second-order valence-corrected chi connectivity index (χ2v) is 7.63. The van der Waals surface area contributed by atoms with Crippen LogP contribution in [0.5, 0.6) is 11.5 Å². The predicted octanol–water partition coefficient (Wildman–Crippen LogP) is 3.92. The minimum absolute atomic E-state index is 0.0549. The minimum atomic E-state index is -3.81. The molecule has 0 aliphatic heterocycles. The third kappa shape index (κ3) is 5.01. The Bertz CT molecular complexity index is 823. The standard InChI is InChI=1S/C17H19Cl2NO4S/c1-3-12-4-6-13(7-5-12)24-11-10-20-25(21,22)15-9-8-14(23-2)16(18)17(15)19/h4-9,20H,3,10-11H2,1-2H3. The summed E-state index contributed by atoms with van der Waals surface area (Å²) in [4.78, 5) is -0.104. The molecule has 0 saturated heterocycles. The fourth-order valence-electron chi connectivity index (χ4n) is 2.12. The largest absolute Gasteiger partial charge is 0.495 e. The van der Waals surface area contributed by atoms with Crippen LogP contribution >= 0.6 is 23.2 Å². The number of benzene rings is 2. The Balaban J connectivity index is 1.96. The number of rotatable bonds is 8. The van der Waals surface area contributed by atoms with Crippen molar-refractivity contribution in [2.75, 3.05) is 20.3 Å². The average Bonchev–Trinajstić information content (AvgIpc) is 2.61. The lowest BCUT2D eigenvalue weighted by Gasteiger charge is -2.12. The Labute approximate surface area is 157 Å². The Morgan fingerprint density at radius 2 is 1.72 bits per heavy atom. The second-order valence-electron chi connectivity index (χ2n) is 5.14. The van der Waals surface area contributed by atoms with Crippen molar-refractivity contribution >= 4 is 33.2 Å². The molecule has 2 aromatic carbocycles. The summed E-state index contributed by atoms with van der Waals surface area (Å²) >= 11 is 12.0. The van der Waals surface area contributed by atoms with Crippen molar-refractivity contribution in [2.45, 2.75) is 18.2 Å². The summed E-state index contributed by atoms with van der Waals surface area (Å²) in [6.45, 7) is 2.35. The number of nitrogens with one attached hydrogen (secondary N) is 1. The van der Waals surface area contributed by atoms with Crippen molar-refractivity contribution in [1.82, 2.24) is 4.72 Å². The monoisotopic (exact) mass is 403 g/mol. The summed E-state index contributed by atoms with van der Waals surface area (Å²) in [7, 11) is -2.38. The zero-order valence-corrected chi connectivity index (χ0v) is 16.2. The number of halogens is 2. The van der Waals surface area contributed by atoms with E-state index < -0.39 is 10.0 Å². The molecule has 0 bridgehead atoms. The summed E-state index contributed by atoms with van der Waals surface area (Å²) in [6.07, 6.45) is 0.950. The van der Waals surface area contributed by atoms with Gasteiger partial charge in [0.2, 0.25) is 10.0 Å². The summed E-state index contributed by atoms with van der Waals surface area (Å²) in [5.41, 5.74) is 1.21. The minimum Gasteiger partial charge on any atom is -0.495 e. The fraction of sp³-hybridized carbons (Fsp3) is 0.294. The molecule has 8 heteroatoms. The Hall–Kier alpha value is -1.47. The number of hydrogen-bond acceptors (Lipinski definition) is 4. The predicted molar refractivity (Wildman–Crippen MR) is 99.5 cm³/mol. The van der Waals surface area contributed by atoms with Gasteiger partial charge in [-0.05, 0) is 36.2 Å². The van der Waals surface area contributed by atoms with Crippen LogP contribution in [0.1, 0.15) is 12.5 Å².